The number of carboxylic acids is 1. The van der Waals surface area contributed by atoms with Gasteiger partial charge in [0.1, 0.15) is 0 Å². The fourth-order valence-corrected chi connectivity index (χ4v) is 3.56. The zero-order valence-electron chi connectivity index (χ0n) is 14.2. The van der Waals surface area contributed by atoms with Crippen molar-refractivity contribution < 1.29 is 19.5 Å². The standard InChI is InChI=1S/C18H23ClN2O4/c1-20-16(23)13-7-6-12(10-14(13)19)21-15(22)11-18(17(24)25)8-4-2-3-5-9-18/h6-7,10H,2-5,8-9,11H2,1H3,(H,20,23)(H,21,22)(H,24,25). The highest BCUT2D eigenvalue weighted by Crippen LogP contribution is 2.38. The maximum absolute atomic E-state index is 12.4. The van der Waals surface area contributed by atoms with Gasteiger partial charge in [0.2, 0.25) is 5.91 Å². The first-order valence-corrected chi connectivity index (χ1v) is 8.81. The lowest BCUT2D eigenvalue weighted by molar-refractivity contribution is -0.152. The first-order valence-electron chi connectivity index (χ1n) is 8.43. The van der Waals surface area contributed by atoms with Crippen LogP contribution in [-0.4, -0.2) is 29.9 Å². The van der Waals surface area contributed by atoms with Crippen LogP contribution in [0.1, 0.15) is 55.3 Å². The van der Waals surface area contributed by atoms with Gasteiger partial charge < -0.3 is 15.7 Å². The minimum Gasteiger partial charge on any atom is -0.481 e. The number of nitrogens with one attached hydrogen (secondary N) is 2. The molecule has 0 bridgehead atoms. The number of benzene rings is 1. The molecule has 0 aromatic heterocycles. The van der Waals surface area contributed by atoms with Crippen molar-refractivity contribution in [2.75, 3.05) is 12.4 Å². The van der Waals surface area contributed by atoms with Crippen molar-refractivity contribution in [3.8, 4) is 0 Å². The summed E-state index contributed by atoms with van der Waals surface area (Å²) in [6, 6.07) is 4.59. The van der Waals surface area contributed by atoms with Crippen LogP contribution in [-0.2, 0) is 9.59 Å². The van der Waals surface area contributed by atoms with E-state index >= 15 is 0 Å². The predicted octanol–water partition coefficient (Wildman–Crippen LogP) is 3.45. The Morgan fingerprint density at radius 1 is 1.16 bits per heavy atom. The molecule has 0 atom stereocenters. The van der Waals surface area contributed by atoms with Crippen LogP contribution in [0.2, 0.25) is 5.02 Å². The van der Waals surface area contributed by atoms with Crippen molar-refractivity contribution in [3.63, 3.8) is 0 Å². The van der Waals surface area contributed by atoms with Crippen molar-refractivity contribution in [1.82, 2.24) is 5.32 Å². The van der Waals surface area contributed by atoms with E-state index in [0.29, 0.717) is 24.1 Å². The Morgan fingerprint density at radius 2 is 1.80 bits per heavy atom. The zero-order chi connectivity index (χ0) is 18.4. The summed E-state index contributed by atoms with van der Waals surface area (Å²) >= 11 is 6.07. The number of halogens is 1. The van der Waals surface area contributed by atoms with E-state index in [0.717, 1.165) is 25.7 Å². The van der Waals surface area contributed by atoms with Gasteiger partial charge in [-0.1, -0.05) is 37.3 Å². The van der Waals surface area contributed by atoms with Gasteiger partial charge in [-0.2, -0.15) is 0 Å². The van der Waals surface area contributed by atoms with Crippen LogP contribution >= 0.6 is 11.6 Å². The van der Waals surface area contributed by atoms with E-state index in [1.165, 1.54) is 19.2 Å². The van der Waals surface area contributed by atoms with Gasteiger partial charge in [-0.3, -0.25) is 14.4 Å². The maximum atomic E-state index is 12.4. The summed E-state index contributed by atoms with van der Waals surface area (Å²) in [5, 5.41) is 15.1. The molecule has 1 aromatic rings. The maximum Gasteiger partial charge on any atom is 0.310 e. The molecular weight excluding hydrogens is 344 g/mol. The lowest BCUT2D eigenvalue weighted by atomic mass is 9.77. The normalized spacial score (nSPS) is 16.6. The number of aliphatic carboxylic acids is 1. The fourth-order valence-electron chi connectivity index (χ4n) is 3.30. The molecule has 3 N–H and O–H groups in total. The van der Waals surface area contributed by atoms with Gasteiger partial charge in [-0.05, 0) is 31.0 Å². The molecule has 0 aliphatic heterocycles. The number of carbonyl (C=O) groups excluding carboxylic acids is 2. The van der Waals surface area contributed by atoms with Gasteiger partial charge in [0, 0.05) is 19.2 Å². The topological polar surface area (TPSA) is 95.5 Å². The minimum atomic E-state index is -0.994. The molecule has 1 aromatic carbocycles. The molecule has 0 heterocycles. The average molecular weight is 367 g/mol. The van der Waals surface area contributed by atoms with Crippen LogP contribution in [0, 0.1) is 5.41 Å². The lowest BCUT2D eigenvalue weighted by Gasteiger charge is -2.27. The molecule has 1 aliphatic rings. The Kier molecular flexibility index (Phi) is 6.42. The number of hydrogen-bond donors (Lipinski definition) is 3. The summed E-state index contributed by atoms with van der Waals surface area (Å²) in [4.78, 5) is 35.8. The van der Waals surface area contributed by atoms with Gasteiger partial charge in [0.25, 0.3) is 5.91 Å². The third-order valence-corrected chi connectivity index (χ3v) is 5.05. The monoisotopic (exact) mass is 366 g/mol. The van der Waals surface area contributed by atoms with Crippen LogP contribution in [0.5, 0.6) is 0 Å². The third-order valence-electron chi connectivity index (χ3n) is 4.74. The quantitative estimate of drug-likeness (QED) is 0.695. The highest BCUT2D eigenvalue weighted by atomic mass is 35.5. The van der Waals surface area contributed by atoms with Crippen LogP contribution < -0.4 is 10.6 Å². The smallest absolute Gasteiger partial charge is 0.310 e. The van der Waals surface area contributed by atoms with E-state index in [2.05, 4.69) is 10.6 Å². The highest BCUT2D eigenvalue weighted by Gasteiger charge is 2.40. The van der Waals surface area contributed by atoms with Crippen LogP contribution in [0.15, 0.2) is 18.2 Å². The molecule has 6 nitrogen and oxygen atoms in total. The van der Waals surface area contributed by atoms with E-state index in [1.807, 2.05) is 0 Å². The van der Waals surface area contributed by atoms with Crippen molar-refractivity contribution >= 4 is 35.1 Å². The van der Waals surface area contributed by atoms with E-state index in [-0.39, 0.29) is 23.3 Å². The Balaban J connectivity index is 2.09. The van der Waals surface area contributed by atoms with Crippen LogP contribution in [0.3, 0.4) is 0 Å². The molecule has 7 heteroatoms. The van der Waals surface area contributed by atoms with Gasteiger partial charge >= 0.3 is 5.97 Å². The molecule has 1 saturated carbocycles. The first kappa shape index (κ1) is 19.2. The molecular formula is C18H23ClN2O4. The summed E-state index contributed by atoms with van der Waals surface area (Å²) in [5.74, 6) is -1.57. The summed E-state index contributed by atoms with van der Waals surface area (Å²) in [6.45, 7) is 0. The van der Waals surface area contributed by atoms with Gasteiger partial charge in [-0.25, -0.2) is 0 Å². The average Bonchev–Trinajstić information content (AvgIpc) is 2.80. The highest BCUT2D eigenvalue weighted by molar-refractivity contribution is 6.34. The molecule has 2 rings (SSSR count). The summed E-state index contributed by atoms with van der Waals surface area (Å²) < 4.78 is 0. The SMILES string of the molecule is CNC(=O)c1ccc(NC(=O)CC2(C(=O)O)CCCCCC2)cc1Cl. The Morgan fingerprint density at radius 3 is 2.32 bits per heavy atom. The Labute approximate surface area is 151 Å². The van der Waals surface area contributed by atoms with E-state index in [1.54, 1.807) is 6.07 Å². The summed E-state index contributed by atoms with van der Waals surface area (Å²) in [5.41, 5.74) is -0.239. The number of rotatable bonds is 5. The number of anilines is 1. The van der Waals surface area contributed by atoms with Crippen molar-refractivity contribution in [2.45, 2.75) is 44.9 Å². The third kappa shape index (κ3) is 4.72. The summed E-state index contributed by atoms with van der Waals surface area (Å²) in [6.07, 6.45) is 4.65. The fraction of sp³-hybridized carbons (Fsp3) is 0.500. The Hall–Kier alpha value is -2.08. The van der Waals surface area contributed by atoms with E-state index in [4.69, 9.17) is 11.6 Å². The predicted molar refractivity (Wildman–Crippen MR) is 95.9 cm³/mol. The second kappa shape index (κ2) is 8.34. The number of amides is 2. The second-order valence-corrected chi connectivity index (χ2v) is 6.91. The van der Waals surface area contributed by atoms with Crippen molar-refractivity contribution in [1.29, 1.82) is 0 Å². The lowest BCUT2D eigenvalue weighted by Crippen LogP contribution is -2.35. The zero-order valence-corrected chi connectivity index (χ0v) is 15.0. The molecule has 1 aliphatic carbocycles. The minimum absolute atomic E-state index is 0.0584. The van der Waals surface area contributed by atoms with Gasteiger partial charge in [0.15, 0.2) is 0 Å². The second-order valence-electron chi connectivity index (χ2n) is 6.50. The van der Waals surface area contributed by atoms with Crippen LogP contribution in [0.4, 0.5) is 5.69 Å². The number of hydrogen-bond acceptors (Lipinski definition) is 3. The van der Waals surface area contributed by atoms with Crippen LogP contribution in [0.25, 0.3) is 0 Å². The van der Waals surface area contributed by atoms with E-state index < -0.39 is 11.4 Å². The largest absolute Gasteiger partial charge is 0.481 e. The molecule has 25 heavy (non-hydrogen) atoms. The van der Waals surface area contributed by atoms with E-state index in [9.17, 15) is 19.5 Å². The number of carboxylic acid groups (broad SMARTS) is 1. The molecule has 0 unspecified atom stereocenters. The molecule has 136 valence electrons. The Bertz CT molecular complexity index is 667. The molecule has 1 fully saturated rings. The van der Waals surface area contributed by atoms with Gasteiger partial charge in [-0.15, -0.1) is 0 Å². The van der Waals surface area contributed by atoms with Crippen molar-refractivity contribution in [3.05, 3.63) is 28.8 Å². The number of carbonyl (C=O) groups is 3. The first-order chi connectivity index (χ1) is 11.9. The van der Waals surface area contributed by atoms with Crippen molar-refractivity contribution in [2.24, 2.45) is 5.41 Å². The molecule has 0 radical (unpaired) electrons. The molecule has 0 spiro atoms. The van der Waals surface area contributed by atoms with Gasteiger partial charge in [0.05, 0.1) is 16.0 Å². The molecule has 0 saturated heterocycles. The molecule has 2 amide bonds. The summed E-state index contributed by atoms with van der Waals surface area (Å²) in [7, 11) is 1.51.